The molecule has 0 saturated carbocycles. The van der Waals surface area contributed by atoms with Gasteiger partial charge < -0.3 is 10.6 Å². The number of nitrogens with two attached hydrogens (primary N) is 1. The molecule has 1 aromatic heterocycles. The van der Waals surface area contributed by atoms with Crippen LogP contribution in [0.25, 0.3) is 10.8 Å². The zero-order valence-electron chi connectivity index (χ0n) is 16.0. The van der Waals surface area contributed by atoms with Gasteiger partial charge in [0.15, 0.2) is 5.69 Å². The standard InChI is InChI=1S/C20H28N4O2/c1-13(2)11-24-18(25)15-8-6-5-7-14(15)17(22-24)19(26)23-10-9-16(21)20(3,4)12-23/h5-8,13,16H,9-12,21H2,1-4H3. The second-order valence-corrected chi connectivity index (χ2v) is 8.39. The van der Waals surface area contributed by atoms with Crippen molar-refractivity contribution in [3.05, 3.63) is 40.3 Å². The summed E-state index contributed by atoms with van der Waals surface area (Å²) in [5, 5.41) is 5.63. The van der Waals surface area contributed by atoms with Crippen molar-refractivity contribution < 1.29 is 4.79 Å². The molecule has 2 aromatic rings. The molecule has 0 bridgehead atoms. The van der Waals surface area contributed by atoms with Crippen LogP contribution in [-0.4, -0.2) is 39.7 Å². The summed E-state index contributed by atoms with van der Waals surface area (Å²) in [6.07, 6.45) is 0.766. The molecule has 1 aromatic carbocycles. The van der Waals surface area contributed by atoms with Crippen molar-refractivity contribution in [2.75, 3.05) is 13.1 Å². The SMILES string of the molecule is CC(C)Cn1nc(C(=O)N2CCC(N)C(C)(C)C2)c2ccccc2c1=O. The van der Waals surface area contributed by atoms with Crippen molar-refractivity contribution in [1.29, 1.82) is 0 Å². The molecule has 1 saturated heterocycles. The lowest BCUT2D eigenvalue weighted by Crippen LogP contribution is -2.54. The molecule has 1 aliphatic rings. The van der Waals surface area contributed by atoms with Crippen LogP contribution in [0.15, 0.2) is 29.1 Å². The van der Waals surface area contributed by atoms with Crippen LogP contribution in [-0.2, 0) is 6.54 Å². The molecule has 2 heterocycles. The van der Waals surface area contributed by atoms with E-state index in [2.05, 4.69) is 18.9 Å². The number of hydrogen-bond acceptors (Lipinski definition) is 4. The maximum Gasteiger partial charge on any atom is 0.274 e. The van der Waals surface area contributed by atoms with E-state index in [-0.39, 0.29) is 28.8 Å². The Balaban J connectivity index is 2.07. The quantitative estimate of drug-likeness (QED) is 0.914. The minimum absolute atomic E-state index is 0.0751. The maximum atomic E-state index is 13.3. The number of amides is 1. The Kier molecular flexibility index (Phi) is 4.88. The van der Waals surface area contributed by atoms with Crippen molar-refractivity contribution in [1.82, 2.24) is 14.7 Å². The minimum atomic E-state index is -0.146. The van der Waals surface area contributed by atoms with Gasteiger partial charge in [-0.25, -0.2) is 4.68 Å². The molecule has 6 heteroatoms. The number of fused-ring (bicyclic) bond motifs is 1. The Bertz CT molecular complexity index is 885. The molecule has 1 amide bonds. The number of rotatable bonds is 3. The van der Waals surface area contributed by atoms with E-state index < -0.39 is 0 Å². The van der Waals surface area contributed by atoms with Crippen molar-refractivity contribution in [2.24, 2.45) is 17.1 Å². The molecule has 1 fully saturated rings. The van der Waals surface area contributed by atoms with Crippen molar-refractivity contribution in [3.8, 4) is 0 Å². The van der Waals surface area contributed by atoms with Gasteiger partial charge in [-0.1, -0.05) is 45.9 Å². The fourth-order valence-corrected chi connectivity index (χ4v) is 3.56. The highest BCUT2D eigenvalue weighted by molar-refractivity contribution is 6.04. The van der Waals surface area contributed by atoms with E-state index in [0.717, 1.165) is 6.42 Å². The lowest BCUT2D eigenvalue weighted by Gasteiger charge is -2.42. The molecule has 2 N–H and O–H groups in total. The van der Waals surface area contributed by atoms with E-state index in [4.69, 9.17) is 5.73 Å². The van der Waals surface area contributed by atoms with Crippen molar-refractivity contribution >= 4 is 16.7 Å². The molecular formula is C20H28N4O2. The third kappa shape index (κ3) is 3.38. The fourth-order valence-electron chi connectivity index (χ4n) is 3.56. The molecule has 1 unspecified atom stereocenters. The summed E-state index contributed by atoms with van der Waals surface area (Å²) in [6.45, 7) is 9.92. The molecule has 0 spiro atoms. The van der Waals surface area contributed by atoms with Gasteiger partial charge in [0.2, 0.25) is 0 Å². The third-order valence-corrected chi connectivity index (χ3v) is 5.21. The first kappa shape index (κ1) is 18.6. The van der Waals surface area contributed by atoms with E-state index in [0.29, 0.717) is 36.1 Å². The molecule has 0 aliphatic carbocycles. The van der Waals surface area contributed by atoms with Gasteiger partial charge in [0.05, 0.1) is 5.39 Å². The van der Waals surface area contributed by atoms with Crippen LogP contribution in [0.3, 0.4) is 0 Å². The van der Waals surface area contributed by atoms with Crippen LogP contribution in [0.1, 0.15) is 44.6 Å². The first-order valence-electron chi connectivity index (χ1n) is 9.25. The van der Waals surface area contributed by atoms with E-state index in [1.54, 1.807) is 12.1 Å². The third-order valence-electron chi connectivity index (χ3n) is 5.21. The lowest BCUT2D eigenvalue weighted by molar-refractivity contribution is 0.0527. The first-order chi connectivity index (χ1) is 12.2. The Labute approximate surface area is 154 Å². The second-order valence-electron chi connectivity index (χ2n) is 8.39. The van der Waals surface area contributed by atoms with E-state index in [1.165, 1.54) is 4.68 Å². The van der Waals surface area contributed by atoms with Crippen LogP contribution < -0.4 is 11.3 Å². The Morgan fingerprint density at radius 1 is 1.31 bits per heavy atom. The van der Waals surface area contributed by atoms with Gasteiger partial charge in [0.1, 0.15) is 0 Å². The number of carbonyl (C=O) groups excluding carboxylic acids is 1. The first-order valence-corrected chi connectivity index (χ1v) is 9.25. The highest BCUT2D eigenvalue weighted by Gasteiger charge is 2.36. The summed E-state index contributed by atoms with van der Waals surface area (Å²) in [5.41, 5.74) is 6.27. The zero-order chi connectivity index (χ0) is 19.1. The number of piperidine rings is 1. The molecular weight excluding hydrogens is 328 g/mol. The highest BCUT2D eigenvalue weighted by atomic mass is 16.2. The molecule has 0 radical (unpaired) electrons. The summed E-state index contributed by atoms with van der Waals surface area (Å²) in [6, 6.07) is 7.30. The van der Waals surface area contributed by atoms with Gasteiger partial charge >= 0.3 is 0 Å². The van der Waals surface area contributed by atoms with Crippen LogP contribution in [0.2, 0.25) is 0 Å². The molecule has 1 atom stereocenters. The summed E-state index contributed by atoms with van der Waals surface area (Å²) in [5.74, 6) is 0.134. The minimum Gasteiger partial charge on any atom is -0.337 e. The van der Waals surface area contributed by atoms with Crippen LogP contribution in [0.5, 0.6) is 0 Å². The summed E-state index contributed by atoms with van der Waals surface area (Å²) < 4.78 is 1.43. The number of nitrogens with zero attached hydrogens (tertiary/aromatic N) is 3. The van der Waals surface area contributed by atoms with Gasteiger partial charge in [-0.05, 0) is 23.8 Å². The molecule has 6 nitrogen and oxygen atoms in total. The number of likely N-dealkylation sites (tertiary alicyclic amines) is 1. The number of hydrogen-bond donors (Lipinski definition) is 1. The maximum absolute atomic E-state index is 13.3. The largest absolute Gasteiger partial charge is 0.337 e. The van der Waals surface area contributed by atoms with Gasteiger partial charge in [-0.3, -0.25) is 9.59 Å². The van der Waals surface area contributed by atoms with Crippen LogP contribution in [0.4, 0.5) is 0 Å². The van der Waals surface area contributed by atoms with Gasteiger partial charge in [0.25, 0.3) is 11.5 Å². The Hall–Kier alpha value is -2.21. The number of benzene rings is 1. The molecule has 140 valence electrons. The Morgan fingerprint density at radius 3 is 2.58 bits per heavy atom. The molecule has 26 heavy (non-hydrogen) atoms. The number of aromatic nitrogens is 2. The average molecular weight is 356 g/mol. The fraction of sp³-hybridized carbons (Fsp3) is 0.550. The van der Waals surface area contributed by atoms with Crippen LogP contribution >= 0.6 is 0 Å². The Morgan fingerprint density at radius 2 is 1.96 bits per heavy atom. The van der Waals surface area contributed by atoms with E-state index in [9.17, 15) is 9.59 Å². The normalized spacial score (nSPS) is 19.9. The average Bonchev–Trinajstić information content (AvgIpc) is 2.59. The van der Waals surface area contributed by atoms with E-state index in [1.807, 2.05) is 30.9 Å². The topological polar surface area (TPSA) is 81.2 Å². The smallest absolute Gasteiger partial charge is 0.274 e. The predicted molar refractivity (Wildman–Crippen MR) is 103 cm³/mol. The highest BCUT2D eigenvalue weighted by Crippen LogP contribution is 2.29. The van der Waals surface area contributed by atoms with E-state index >= 15 is 0 Å². The monoisotopic (exact) mass is 356 g/mol. The summed E-state index contributed by atoms with van der Waals surface area (Å²) in [7, 11) is 0. The van der Waals surface area contributed by atoms with Gasteiger partial charge in [-0.2, -0.15) is 5.10 Å². The number of carbonyl (C=O) groups is 1. The van der Waals surface area contributed by atoms with Gasteiger partial charge in [0, 0.05) is 31.1 Å². The summed E-state index contributed by atoms with van der Waals surface area (Å²) >= 11 is 0. The molecule has 3 rings (SSSR count). The van der Waals surface area contributed by atoms with Crippen LogP contribution in [0, 0.1) is 11.3 Å². The molecule has 1 aliphatic heterocycles. The second kappa shape index (κ2) is 6.83. The van der Waals surface area contributed by atoms with Crippen molar-refractivity contribution in [3.63, 3.8) is 0 Å². The van der Waals surface area contributed by atoms with Gasteiger partial charge in [-0.15, -0.1) is 0 Å². The summed E-state index contributed by atoms with van der Waals surface area (Å²) in [4.78, 5) is 27.8. The lowest BCUT2D eigenvalue weighted by atomic mass is 9.79. The zero-order valence-corrected chi connectivity index (χ0v) is 16.0. The predicted octanol–water partition coefficient (Wildman–Crippen LogP) is 2.25. The van der Waals surface area contributed by atoms with Crippen molar-refractivity contribution in [2.45, 2.75) is 46.7 Å².